The first-order valence-corrected chi connectivity index (χ1v) is 8.57. The zero-order valence-electron chi connectivity index (χ0n) is 15.2. The summed E-state index contributed by atoms with van der Waals surface area (Å²) in [5, 5.41) is 14.5. The lowest BCUT2D eigenvalue weighted by molar-refractivity contribution is -0.137. The summed E-state index contributed by atoms with van der Waals surface area (Å²) in [5.74, 6) is -1.05. The van der Waals surface area contributed by atoms with Crippen molar-refractivity contribution in [1.82, 2.24) is 15.0 Å². The molecule has 0 bridgehead atoms. The second-order valence-corrected chi connectivity index (χ2v) is 6.21. The van der Waals surface area contributed by atoms with Crippen molar-refractivity contribution in [3.63, 3.8) is 0 Å². The van der Waals surface area contributed by atoms with E-state index in [2.05, 4.69) is 25.6 Å². The van der Waals surface area contributed by atoms with Gasteiger partial charge in [-0.25, -0.2) is 9.37 Å². The molecule has 10 heteroatoms. The van der Waals surface area contributed by atoms with Gasteiger partial charge in [0.25, 0.3) is 0 Å². The van der Waals surface area contributed by atoms with Crippen LogP contribution >= 0.6 is 0 Å². The number of nitrogens with one attached hydrogen (secondary N) is 2. The highest BCUT2D eigenvalue weighted by Crippen LogP contribution is 2.37. The fourth-order valence-electron chi connectivity index (χ4n) is 2.53. The summed E-state index contributed by atoms with van der Waals surface area (Å²) in [6, 6.07) is 7.01. The molecule has 0 unspecified atom stereocenters. The Morgan fingerprint density at radius 3 is 2.48 bits per heavy atom. The van der Waals surface area contributed by atoms with Gasteiger partial charge in [0.1, 0.15) is 11.6 Å². The third-order valence-corrected chi connectivity index (χ3v) is 3.92. The van der Waals surface area contributed by atoms with Crippen LogP contribution < -0.4 is 10.6 Å². The quantitative estimate of drug-likeness (QED) is 0.531. The van der Waals surface area contributed by atoms with E-state index in [0.717, 1.165) is 18.2 Å². The first-order valence-electron chi connectivity index (χ1n) is 8.57. The van der Waals surface area contributed by atoms with Gasteiger partial charge in [-0.1, -0.05) is 6.07 Å². The lowest BCUT2D eigenvalue weighted by Gasteiger charge is -2.17. The molecule has 1 aromatic carbocycles. The van der Waals surface area contributed by atoms with Crippen LogP contribution in [0.1, 0.15) is 12.5 Å². The molecule has 3 aromatic rings. The maximum atomic E-state index is 14.2. The summed E-state index contributed by atoms with van der Waals surface area (Å²) in [7, 11) is 0. The molecule has 6 nitrogen and oxygen atoms in total. The first-order chi connectivity index (χ1) is 13.8. The van der Waals surface area contributed by atoms with E-state index in [1.807, 2.05) is 0 Å². The van der Waals surface area contributed by atoms with E-state index in [0.29, 0.717) is 11.3 Å². The van der Waals surface area contributed by atoms with E-state index in [9.17, 15) is 22.7 Å². The number of para-hydroxylation sites is 1. The van der Waals surface area contributed by atoms with Gasteiger partial charge in [0.2, 0.25) is 5.95 Å². The fraction of sp³-hybridized carbons (Fsp3) is 0.211. The van der Waals surface area contributed by atoms with Crippen LogP contribution in [-0.4, -0.2) is 32.7 Å². The van der Waals surface area contributed by atoms with Gasteiger partial charge in [0.05, 0.1) is 23.6 Å². The van der Waals surface area contributed by atoms with E-state index in [-0.39, 0.29) is 18.4 Å². The van der Waals surface area contributed by atoms with Crippen molar-refractivity contribution < 1.29 is 22.7 Å². The van der Waals surface area contributed by atoms with E-state index in [1.54, 1.807) is 19.1 Å². The minimum Gasteiger partial charge on any atom is -0.394 e. The topological polar surface area (TPSA) is 83.0 Å². The molecule has 152 valence electrons. The molecule has 2 heterocycles. The molecule has 1 atom stereocenters. The number of nitrogens with zero attached hydrogens (tertiary/aromatic N) is 3. The highest BCUT2D eigenvalue weighted by Gasteiger charge is 2.35. The number of halogens is 4. The first kappa shape index (κ1) is 20.5. The molecule has 0 amide bonds. The molecule has 0 fully saturated rings. The minimum atomic E-state index is -4.75. The number of aromatic nitrogens is 3. The van der Waals surface area contributed by atoms with Gasteiger partial charge in [0, 0.05) is 30.1 Å². The molecular formula is C19H17F4N5O. The number of aliphatic hydroxyl groups excluding tert-OH is 1. The normalized spacial score (nSPS) is 12.5. The number of alkyl halides is 3. The van der Waals surface area contributed by atoms with Crippen molar-refractivity contribution in [2.75, 3.05) is 17.2 Å². The zero-order valence-corrected chi connectivity index (χ0v) is 15.2. The Morgan fingerprint density at radius 1 is 1.10 bits per heavy atom. The Hall–Kier alpha value is -3.27. The smallest absolute Gasteiger partial charge is 0.394 e. The average Bonchev–Trinajstić information content (AvgIpc) is 2.69. The summed E-state index contributed by atoms with van der Waals surface area (Å²) in [6.07, 6.45) is -1.68. The maximum Gasteiger partial charge on any atom is 0.418 e. The van der Waals surface area contributed by atoms with Crippen LogP contribution in [0.4, 0.5) is 35.0 Å². The van der Waals surface area contributed by atoms with Crippen molar-refractivity contribution >= 4 is 17.5 Å². The van der Waals surface area contributed by atoms with Gasteiger partial charge in [0.15, 0.2) is 0 Å². The van der Waals surface area contributed by atoms with Gasteiger partial charge >= 0.3 is 6.18 Å². The molecule has 3 rings (SSSR count). The van der Waals surface area contributed by atoms with Crippen molar-refractivity contribution in [2.45, 2.75) is 19.1 Å². The number of rotatable bonds is 6. The number of anilines is 3. The predicted octanol–water partition coefficient (Wildman–Crippen LogP) is 4.23. The number of aliphatic hydroxyl groups is 1. The predicted molar refractivity (Wildman–Crippen MR) is 100 cm³/mol. The van der Waals surface area contributed by atoms with Crippen molar-refractivity contribution in [3.8, 4) is 11.3 Å². The lowest BCUT2D eigenvalue weighted by atomic mass is 10.1. The minimum absolute atomic E-state index is 0.0462. The number of benzene rings is 1. The fourth-order valence-corrected chi connectivity index (χ4v) is 2.53. The van der Waals surface area contributed by atoms with Crippen LogP contribution in [0.3, 0.4) is 0 Å². The molecule has 0 radical (unpaired) electrons. The molecule has 0 aliphatic rings. The number of pyridine rings is 1. The number of hydrogen-bond acceptors (Lipinski definition) is 6. The molecule has 29 heavy (non-hydrogen) atoms. The van der Waals surface area contributed by atoms with Crippen molar-refractivity contribution in [3.05, 3.63) is 60.2 Å². The summed E-state index contributed by atoms with van der Waals surface area (Å²) >= 11 is 0. The second-order valence-electron chi connectivity index (χ2n) is 6.21. The Kier molecular flexibility index (Phi) is 5.92. The number of hydrogen-bond donors (Lipinski definition) is 3. The molecule has 0 aliphatic heterocycles. The Balaban J connectivity index is 2.07. The summed E-state index contributed by atoms with van der Waals surface area (Å²) in [5.41, 5.74) is -0.877. The van der Waals surface area contributed by atoms with Crippen LogP contribution in [0, 0.1) is 5.82 Å². The van der Waals surface area contributed by atoms with E-state index in [4.69, 9.17) is 0 Å². The summed E-state index contributed by atoms with van der Waals surface area (Å²) in [4.78, 5) is 12.3. The van der Waals surface area contributed by atoms with Gasteiger partial charge in [-0.2, -0.15) is 18.2 Å². The SMILES string of the molecule is C[C@H](CO)Nc1nc(Nc2c(F)cccc2C(F)(F)F)cc(-c2ccncc2)n1. The molecular weight excluding hydrogens is 390 g/mol. The van der Waals surface area contributed by atoms with Crippen LogP contribution in [-0.2, 0) is 6.18 Å². The van der Waals surface area contributed by atoms with Gasteiger partial charge < -0.3 is 15.7 Å². The Labute approximate surface area is 163 Å². The van der Waals surface area contributed by atoms with Gasteiger partial charge in [-0.3, -0.25) is 4.98 Å². The molecule has 0 saturated heterocycles. The second kappa shape index (κ2) is 8.39. The molecule has 0 spiro atoms. The van der Waals surface area contributed by atoms with Crippen LogP contribution in [0.5, 0.6) is 0 Å². The van der Waals surface area contributed by atoms with Crippen molar-refractivity contribution in [2.24, 2.45) is 0 Å². The standard InChI is InChI=1S/C19H17F4N5O/c1-11(10-29)25-18-26-15(12-5-7-24-8-6-12)9-16(28-18)27-17-13(19(21,22)23)3-2-4-14(17)20/h2-9,11,29H,10H2,1H3,(H2,25,26,27,28)/t11-/m1/s1. The summed E-state index contributed by atoms with van der Waals surface area (Å²) < 4.78 is 54.0. The van der Waals surface area contributed by atoms with Crippen molar-refractivity contribution in [1.29, 1.82) is 0 Å². The Bertz CT molecular complexity index is 982. The zero-order chi connectivity index (χ0) is 21.0. The van der Waals surface area contributed by atoms with Crippen LogP contribution in [0.15, 0.2) is 48.8 Å². The molecule has 0 saturated carbocycles. The lowest BCUT2D eigenvalue weighted by Crippen LogP contribution is -2.21. The third-order valence-electron chi connectivity index (χ3n) is 3.92. The average molecular weight is 407 g/mol. The molecule has 2 aromatic heterocycles. The van der Waals surface area contributed by atoms with E-state index >= 15 is 0 Å². The monoisotopic (exact) mass is 407 g/mol. The maximum absolute atomic E-state index is 14.2. The van der Waals surface area contributed by atoms with E-state index in [1.165, 1.54) is 18.5 Å². The highest BCUT2D eigenvalue weighted by atomic mass is 19.4. The van der Waals surface area contributed by atoms with Gasteiger partial charge in [-0.05, 0) is 31.2 Å². The van der Waals surface area contributed by atoms with Crippen LogP contribution in [0.2, 0.25) is 0 Å². The molecule has 3 N–H and O–H groups in total. The van der Waals surface area contributed by atoms with Crippen LogP contribution in [0.25, 0.3) is 11.3 Å². The van der Waals surface area contributed by atoms with E-state index < -0.39 is 29.3 Å². The largest absolute Gasteiger partial charge is 0.418 e. The Morgan fingerprint density at radius 2 is 1.83 bits per heavy atom. The summed E-state index contributed by atoms with van der Waals surface area (Å²) in [6.45, 7) is 1.46. The highest BCUT2D eigenvalue weighted by molar-refractivity contribution is 5.69. The molecule has 0 aliphatic carbocycles. The van der Waals surface area contributed by atoms with Gasteiger partial charge in [-0.15, -0.1) is 0 Å². The third kappa shape index (κ3) is 4.96.